The van der Waals surface area contributed by atoms with Crippen LogP contribution in [0.5, 0.6) is 0 Å². The van der Waals surface area contributed by atoms with E-state index in [0.29, 0.717) is 56.9 Å². The lowest BCUT2D eigenvalue weighted by Gasteiger charge is -2.64. The van der Waals surface area contributed by atoms with Crippen LogP contribution >= 0.6 is 0 Å². The number of hydrogen-bond acceptors (Lipinski definition) is 25. The van der Waals surface area contributed by atoms with Gasteiger partial charge in [-0.25, -0.2) is 0 Å². The van der Waals surface area contributed by atoms with Gasteiger partial charge in [0.2, 0.25) is 6.29 Å². The van der Waals surface area contributed by atoms with Crippen molar-refractivity contribution < 1.29 is 129 Å². The van der Waals surface area contributed by atoms with Crippen LogP contribution in [0.25, 0.3) is 0 Å². The first-order valence-electron chi connectivity index (χ1n) is 25.4. The van der Waals surface area contributed by atoms with Gasteiger partial charge in [-0.05, 0) is 86.5 Å². The number of rotatable bonds is 16. The lowest BCUT2D eigenvalue weighted by molar-refractivity contribution is -0.377. The Morgan fingerprint density at radius 2 is 1.11 bits per heavy atom. The highest BCUT2D eigenvalue weighted by molar-refractivity contribution is 5.90. The monoisotopic (exact) mass is 1070 g/mol. The van der Waals surface area contributed by atoms with Gasteiger partial charge in [0.15, 0.2) is 25.0 Å². The van der Waals surface area contributed by atoms with Gasteiger partial charge < -0.3 is 114 Å². The topological polar surface area (TPSA) is 418 Å². The summed E-state index contributed by atoms with van der Waals surface area (Å²) >= 11 is 0. The molecule has 4 saturated carbocycles. The predicted molar refractivity (Wildman–Crippen MR) is 240 cm³/mol. The Labute approximate surface area is 425 Å². The molecule has 422 valence electrons. The fourth-order valence-electron chi connectivity index (χ4n) is 14.0. The largest absolute Gasteiger partial charge is 0.481 e. The first-order valence-corrected chi connectivity index (χ1v) is 25.4. The van der Waals surface area contributed by atoms with E-state index in [4.69, 9.17) is 47.7 Å². The van der Waals surface area contributed by atoms with Gasteiger partial charge in [0.1, 0.15) is 91.9 Å². The number of aliphatic hydroxyl groups is 13. The lowest BCUT2D eigenvalue weighted by atomic mass is 9.41. The number of fused-ring (bicyclic) bond motifs is 3. The van der Waals surface area contributed by atoms with E-state index >= 15 is 0 Å². The van der Waals surface area contributed by atoms with Crippen molar-refractivity contribution in [3.63, 3.8) is 0 Å². The van der Waals surface area contributed by atoms with E-state index in [0.717, 1.165) is 6.42 Å². The average molecular weight is 1070 g/mol. The summed E-state index contributed by atoms with van der Waals surface area (Å²) in [4.78, 5) is 37.5. The third-order valence-corrected chi connectivity index (χ3v) is 17.9. The molecule has 0 unspecified atom stereocenters. The summed E-state index contributed by atoms with van der Waals surface area (Å²) in [7, 11) is 0. The Morgan fingerprint density at radius 1 is 0.608 bits per heavy atom. The molecule has 26 atom stereocenters. The van der Waals surface area contributed by atoms with E-state index in [1.807, 2.05) is 0 Å². The van der Waals surface area contributed by atoms with Crippen LogP contribution in [0.1, 0.15) is 84.5 Å². The summed E-state index contributed by atoms with van der Waals surface area (Å²) in [6.45, 7) is 5.66. The summed E-state index contributed by atoms with van der Waals surface area (Å²) in [6, 6.07) is 0. The number of carbonyl (C=O) groups excluding carboxylic acids is 2. The third kappa shape index (κ3) is 10.3. The number of esters is 2. The number of hydrogen-bond donors (Lipinski definition) is 14. The van der Waals surface area contributed by atoms with Crippen molar-refractivity contribution in [1.82, 2.24) is 0 Å². The molecule has 4 heterocycles. The predicted octanol–water partition coefficient (Wildman–Crippen LogP) is -4.70. The van der Waals surface area contributed by atoms with E-state index in [1.54, 1.807) is 6.92 Å². The van der Waals surface area contributed by atoms with Crippen molar-refractivity contribution in [1.29, 1.82) is 0 Å². The SMILES string of the molecule is C=C1C[C@@]23CC[C@H]4[C@@](C)(CCC[C@@]4(C)C(=O)O[C@@H]4O[C@H](CO)[C@@H](O)[C@H](O)[C@H]4O[C@@H]4O[C@H](CO)[C@@H](O)[C@H](O)[C@H]4O)[C@@H]2CC[C@@]1(O[C@@H]1O[C@H](CO)[C@@H](O)[C@H](O)[C@H]1O[C@@H]1O[C@H](CCOC(=O)CC(=O)O)[C@@H](O)[C@H](O)[C@H]1O)C3. The number of carbonyl (C=O) groups is 3. The molecule has 8 rings (SSSR count). The fourth-order valence-corrected chi connectivity index (χ4v) is 14.0. The molecule has 74 heavy (non-hydrogen) atoms. The molecule has 0 aromatic carbocycles. The molecular formula is C48H74O26. The first kappa shape index (κ1) is 57.5. The number of ether oxygens (including phenoxy) is 9. The summed E-state index contributed by atoms with van der Waals surface area (Å²) in [5.41, 5.74) is -2.51. The summed E-state index contributed by atoms with van der Waals surface area (Å²) < 4.78 is 53.0. The van der Waals surface area contributed by atoms with Crippen LogP contribution in [0.15, 0.2) is 12.2 Å². The van der Waals surface area contributed by atoms with E-state index in [-0.39, 0.29) is 18.3 Å². The second kappa shape index (κ2) is 22.2. The molecule has 26 heteroatoms. The summed E-state index contributed by atoms with van der Waals surface area (Å²) in [5, 5.41) is 148. The summed E-state index contributed by atoms with van der Waals surface area (Å²) in [5.74, 6) is -3.52. The molecule has 0 aromatic heterocycles. The fraction of sp³-hybridized carbons (Fsp3) is 0.896. The Morgan fingerprint density at radius 3 is 1.68 bits per heavy atom. The van der Waals surface area contributed by atoms with Gasteiger partial charge in [-0.2, -0.15) is 0 Å². The number of aliphatic carboxylic acids is 1. The zero-order valence-electron chi connectivity index (χ0n) is 41.2. The lowest BCUT2D eigenvalue weighted by Crippen LogP contribution is -2.66. The van der Waals surface area contributed by atoms with Crippen molar-refractivity contribution in [3.8, 4) is 0 Å². The molecule has 4 aliphatic heterocycles. The van der Waals surface area contributed by atoms with Crippen LogP contribution in [-0.4, -0.2) is 244 Å². The first-order chi connectivity index (χ1) is 34.9. The zero-order valence-corrected chi connectivity index (χ0v) is 41.2. The minimum absolute atomic E-state index is 0.0166. The van der Waals surface area contributed by atoms with Gasteiger partial charge in [0.25, 0.3) is 0 Å². The van der Waals surface area contributed by atoms with Gasteiger partial charge >= 0.3 is 17.9 Å². The Kier molecular flexibility index (Phi) is 17.3. The molecule has 0 radical (unpaired) electrons. The molecule has 4 saturated heterocycles. The van der Waals surface area contributed by atoms with E-state index < -0.39 is 195 Å². The molecule has 0 aromatic rings. The van der Waals surface area contributed by atoms with Crippen LogP contribution in [0.4, 0.5) is 0 Å². The Balaban J connectivity index is 0.984. The normalized spacial score (nSPS) is 50.3. The quantitative estimate of drug-likeness (QED) is 0.0299. The molecule has 0 amide bonds. The maximum atomic E-state index is 14.8. The minimum atomic E-state index is -1.93. The minimum Gasteiger partial charge on any atom is -0.481 e. The highest BCUT2D eigenvalue weighted by Crippen LogP contribution is 2.74. The van der Waals surface area contributed by atoms with E-state index in [2.05, 4.69) is 13.5 Å². The Bertz CT molecular complexity index is 2010. The van der Waals surface area contributed by atoms with Gasteiger partial charge in [0.05, 0.1) is 43.5 Å². The van der Waals surface area contributed by atoms with Crippen LogP contribution in [0.3, 0.4) is 0 Å². The molecule has 8 aliphatic rings. The highest BCUT2D eigenvalue weighted by atomic mass is 16.8. The second-order valence-electron chi connectivity index (χ2n) is 22.2. The molecule has 1 spiro atoms. The Hall–Kier alpha value is -2.65. The molecular weight excluding hydrogens is 993 g/mol. The van der Waals surface area contributed by atoms with Crippen molar-refractivity contribution in [2.45, 2.75) is 213 Å². The van der Waals surface area contributed by atoms with Crippen molar-refractivity contribution in [2.24, 2.45) is 28.1 Å². The molecule has 8 fully saturated rings. The molecule has 4 aliphatic carbocycles. The third-order valence-electron chi connectivity index (χ3n) is 17.9. The zero-order chi connectivity index (χ0) is 54.0. The van der Waals surface area contributed by atoms with Crippen molar-refractivity contribution in [3.05, 3.63) is 12.2 Å². The smallest absolute Gasteiger partial charge is 0.317 e. The van der Waals surface area contributed by atoms with Gasteiger partial charge in [-0.3, -0.25) is 14.4 Å². The standard InChI is InChI=1S/C48H74O26/c1-19-14-47-10-5-24-45(2,8-4-9-46(24,3)44(65)73-42-38(34(61)30(57)22(16-50)69-42)71-41-37(64)33(60)29(56)21(15-49)68-41)25(47)6-11-48(19,18-47)74-43-39(35(62)31(58)23(17-51)70-43)72-40-36(63)32(59)28(55)20(67-40)7-12-66-27(54)13-26(52)53/h20-25,28-43,49-51,55-64H,1,4-18H2,2-3H3,(H,52,53)/t20-,21-,22-,23-,24+,25+,28-,29-,30-,31-,32+,33+,34+,35+,36-,37-,38-,39-,40+,41+,42+,43+,45-,46-,47-,48-/m1/s1. The second-order valence-corrected chi connectivity index (χ2v) is 22.2. The molecule has 2 bridgehead atoms. The highest BCUT2D eigenvalue weighted by Gasteiger charge is 2.69. The average Bonchev–Trinajstić information content (AvgIpc) is 3.56. The van der Waals surface area contributed by atoms with Crippen LogP contribution in [0, 0.1) is 28.1 Å². The summed E-state index contributed by atoms with van der Waals surface area (Å²) in [6.07, 6.45) is -30.7. The van der Waals surface area contributed by atoms with Gasteiger partial charge in [0, 0.05) is 6.42 Å². The van der Waals surface area contributed by atoms with Gasteiger partial charge in [-0.1, -0.05) is 19.9 Å². The van der Waals surface area contributed by atoms with E-state index in [9.17, 15) is 80.8 Å². The number of carboxylic acid groups (broad SMARTS) is 1. The van der Waals surface area contributed by atoms with E-state index in [1.165, 1.54) is 0 Å². The van der Waals surface area contributed by atoms with Crippen LogP contribution in [0.2, 0.25) is 0 Å². The maximum Gasteiger partial charge on any atom is 0.317 e. The maximum absolute atomic E-state index is 14.8. The molecule has 26 nitrogen and oxygen atoms in total. The van der Waals surface area contributed by atoms with Crippen LogP contribution < -0.4 is 0 Å². The van der Waals surface area contributed by atoms with Gasteiger partial charge in [-0.15, -0.1) is 0 Å². The number of carboxylic acids is 1. The molecule has 14 N–H and O–H groups in total. The van der Waals surface area contributed by atoms with Crippen molar-refractivity contribution >= 4 is 17.9 Å². The van der Waals surface area contributed by atoms with Crippen LogP contribution in [-0.2, 0) is 57.0 Å². The number of aliphatic hydroxyl groups excluding tert-OH is 13. The van der Waals surface area contributed by atoms with Crippen molar-refractivity contribution in [2.75, 3.05) is 26.4 Å².